The van der Waals surface area contributed by atoms with Crippen molar-refractivity contribution in [3.8, 4) is 0 Å². The van der Waals surface area contributed by atoms with Gasteiger partial charge in [-0.3, -0.25) is 9.59 Å². The molecule has 0 spiro atoms. The number of nitrogens with one attached hydrogen (secondary N) is 2. The Morgan fingerprint density at radius 3 is 1.53 bits per heavy atom. The van der Waals surface area contributed by atoms with Gasteiger partial charge in [-0.1, -0.05) is 212 Å². The molecule has 0 aromatic rings. The topological polar surface area (TPSA) is 373 Å². The second-order valence-corrected chi connectivity index (χ2v) is 24.7. The van der Waals surface area contributed by atoms with E-state index in [-0.39, 0.29) is 12.3 Å². The second-order valence-electron chi connectivity index (χ2n) is 24.7. The lowest BCUT2D eigenvalue weighted by Crippen LogP contribution is -2.70. The third-order valence-corrected chi connectivity index (χ3v) is 17.2. The molecule has 0 radical (unpaired) electrons. The van der Waals surface area contributed by atoms with Crippen LogP contribution in [-0.4, -0.2) is 215 Å². The molecule has 2 amide bonds. The molecule has 18 atom stereocenters. The Labute approximate surface area is 518 Å². The minimum Gasteiger partial charge on any atom is -0.477 e. The number of hydrogen-bond donors (Lipinski definition) is 14. The minimum absolute atomic E-state index is 0.205. The summed E-state index contributed by atoms with van der Waals surface area (Å²) >= 11 is 0. The number of allylic oxidation sites excluding steroid dienone is 1. The number of carbonyl (C=O) groups is 3. The van der Waals surface area contributed by atoms with Crippen LogP contribution in [0.4, 0.5) is 0 Å². The van der Waals surface area contributed by atoms with Crippen molar-refractivity contribution >= 4 is 17.8 Å². The Bertz CT molecular complexity index is 1820. The van der Waals surface area contributed by atoms with Crippen LogP contribution in [0.25, 0.3) is 0 Å². The molecule has 14 N–H and O–H groups in total. The van der Waals surface area contributed by atoms with E-state index in [0.29, 0.717) is 12.8 Å². The molecular formula is C64H118N2O21. The summed E-state index contributed by atoms with van der Waals surface area (Å²) in [6, 6.07) is -2.61. The molecule has 510 valence electrons. The minimum atomic E-state index is -3.08. The smallest absolute Gasteiger partial charge is 0.364 e. The van der Waals surface area contributed by atoms with E-state index in [1.807, 2.05) is 6.08 Å². The van der Waals surface area contributed by atoms with E-state index in [4.69, 9.17) is 28.4 Å². The third kappa shape index (κ3) is 28.9. The number of carboxylic acids is 1. The van der Waals surface area contributed by atoms with Crippen molar-refractivity contribution in [2.75, 3.05) is 26.4 Å². The summed E-state index contributed by atoms with van der Waals surface area (Å²) in [5.41, 5.74) is 0. The number of hydrogen-bond acceptors (Lipinski definition) is 20. The first-order chi connectivity index (χ1) is 41.9. The van der Waals surface area contributed by atoms with Gasteiger partial charge in [-0.15, -0.1) is 0 Å². The lowest BCUT2D eigenvalue weighted by Gasteiger charge is -2.50. The van der Waals surface area contributed by atoms with Crippen molar-refractivity contribution in [2.24, 2.45) is 0 Å². The van der Waals surface area contributed by atoms with E-state index in [2.05, 4.69) is 24.5 Å². The summed E-state index contributed by atoms with van der Waals surface area (Å²) in [5, 5.41) is 136. The predicted octanol–water partition coefficient (Wildman–Crippen LogP) is 5.12. The first kappa shape index (κ1) is 78.7. The third-order valence-electron chi connectivity index (χ3n) is 17.2. The number of rotatable bonds is 50. The number of aliphatic hydroxyl groups is 11. The summed E-state index contributed by atoms with van der Waals surface area (Å²) < 4.78 is 34.7. The maximum absolute atomic E-state index is 13.4. The zero-order chi connectivity index (χ0) is 64.0. The molecule has 0 aliphatic carbocycles. The van der Waals surface area contributed by atoms with Crippen molar-refractivity contribution in [2.45, 2.75) is 349 Å². The van der Waals surface area contributed by atoms with Crippen LogP contribution in [0.5, 0.6) is 0 Å². The van der Waals surface area contributed by atoms with Crippen LogP contribution < -0.4 is 10.6 Å². The Morgan fingerprint density at radius 1 is 0.598 bits per heavy atom. The summed E-state index contributed by atoms with van der Waals surface area (Å²) in [6.07, 6.45) is 12.6. The number of aliphatic hydroxyl groups excluding tert-OH is 11. The normalized spacial score (nSPS) is 29.2. The molecule has 3 rings (SSSR count). The Hall–Kier alpha value is -2.53. The van der Waals surface area contributed by atoms with Crippen LogP contribution >= 0.6 is 0 Å². The standard InChI is InChI=1S/C64H118N2O21/c1-4-6-8-10-12-14-16-18-20-21-22-23-24-26-28-30-32-34-36-38-51(74)66-45(46(71)37-35-33-31-29-27-25-19-17-15-13-11-9-7-5-2)43-82-61-56(78)55(77)58(50(42-69)84-61)85-62-57(79)60(54(76)49(41-68)83-62)87-64(63(80)81)39-47(72)52(65-44(3)70)59(86-64)53(75)48(73)40-67/h35,37,45-50,52-62,67-69,71-73,75-79H,4-34,36,38-43H2,1-3H3,(H,65,70)(H,66,74)(H,80,81)/b37-35+. The largest absolute Gasteiger partial charge is 0.477 e. The quantitative estimate of drug-likeness (QED) is 0.0278. The molecule has 23 nitrogen and oxygen atoms in total. The van der Waals surface area contributed by atoms with Gasteiger partial charge < -0.3 is 100 Å². The van der Waals surface area contributed by atoms with Crippen LogP contribution in [0.15, 0.2) is 12.2 Å². The van der Waals surface area contributed by atoms with Gasteiger partial charge in [-0.25, -0.2) is 4.79 Å². The number of unbranched alkanes of at least 4 members (excludes halogenated alkanes) is 30. The molecule has 0 saturated carbocycles. The number of ether oxygens (including phenoxy) is 6. The van der Waals surface area contributed by atoms with Gasteiger partial charge in [0.2, 0.25) is 11.8 Å². The molecule has 3 aliphatic heterocycles. The van der Waals surface area contributed by atoms with Crippen LogP contribution in [0, 0.1) is 0 Å². The lowest BCUT2D eigenvalue weighted by molar-refractivity contribution is -0.386. The van der Waals surface area contributed by atoms with Gasteiger partial charge in [0, 0.05) is 19.8 Å². The molecule has 3 heterocycles. The summed E-state index contributed by atoms with van der Waals surface area (Å²) in [6.45, 7) is 2.13. The lowest BCUT2D eigenvalue weighted by atomic mass is 9.88. The average molecular weight is 1250 g/mol. The Balaban J connectivity index is 1.62. The maximum atomic E-state index is 13.4. The number of amides is 2. The highest BCUT2D eigenvalue weighted by Crippen LogP contribution is 2.39. The van der Waals surface area contributed by atoms with Crippen molar-refractivity contribution in [1.29, 1.82) is 0 Å². The first-order valence-corrected chi connectivity index (χ1v) is 33.6. The Kier molecular flexibility index (Phi) is 41.3. The Morgan fingerprint density at radius 2 is 1.07 bits per heavy atom. The molecule has 18 unspecified atom stereocenters. The van der Waals surface area contributed by atoms with E-state index in [9.17, 15) is 75.7 Å². The molecule has 0 bridgehead atoms. The van der Waals surface area contributed by atoms with E-state index < -0.39 is 155 Å². The molecule has 3 aliphatic rings. The van der Waals surface area contributed by atoms with E-state index >= 15 is 0 Å². The zero-order valence-corrected chi connectivity index (χ0v) is 52.9. The van der Waals surface area contributed by atoms with Gasteiger partial charge >= 0.3 is 5.97 Å². The van der Waals surface area contributed by atoms with E-state index in [0.717, 1.165) is 51.9 Å². The number of carbonyl (C=O) groups excluding carboxylic acids is 2. The molecule has 87 heavy (non-hydrogen) atoms. The van der Waals surface area contributed by atoms with Gasteiger partial charge in [0.05, 0.1) is 50.7 Å². The van der Waals surface area contributed by atoms with Crippen LogP contribution in [0.1, 0.15) is 239 Å². The highest BCUT2D eigenvalue weighted by atomic mass is 16.8. The zero-order valence-electron chi connectivity index (χ0n) is 52.9. The van der Waals surface area contributed by atoms with Crippen LogP contribution in [0.2, 0.25) is 0 Å². The molecule has 3 saturated heterocycles. The predicted molar refractivity (Wildman–Crippen MR) is 325 cm³/mol. The summed E-state index contributed by atoms with van der Waals surface area (Å²) in [4.78, 5) is 38.5. The highest BCUT2D eigenvalue weighted by Gasteiger charge is 2.60. The number of carboxylic acid groups (broad SMARTS) is 1. The van der Waals surface area contributed by atoms with Crippen molar-refractivity contribution < 1.29 is 104 Å². The number of aliphatic carboxylic acids is 1. The van der Waals surface area contributed by atoms with Crippen molar-refractivity contribution in [3.63, 3.8) is 0 Å². The molecule has 0 aromatic heterocycles. The monoisotopic (exact) mass is 1250 g/mol. The van der Waals surface area contributed by atoms with E-state index in [1.54, 1.807) is 6.08 Å². The molecule has 3 fully saturated rings. The highest BCUT2D eigenvalue weighted by molar-refractivity contribution is 5.77. The van der Waals surface area contributed by atoms with Gasteiger partial charge in [0.1, 0.15) is 67.1 Å². The fraction of sp³-hybridized carbons (Fsp3) is 0.922. The summed E-state index contributed by atoms with van der Waals surface area (Å²) in [7, 11) is 0. The second kappa shape index (κ2) is 45.7. The van der Waals surface area contributed by atoms with E-state index in [1.165, 1.54) is 148 Å². The van der Waals surface area contributed by atoms with Gasteiger partial charge in [0.25, 0.3) is 5.79 Å². The fourth-order valence-electron chi connectivity index (χ4n) is 11.8. The van der Waals surface area contributed by atoms with Crippen molar-refractivity contribution in [3.05, 3.63) is 12.2 Å². The van der Waals surface area contributed by atoms with Gasteiger partial charge in [-0.2, -0.15) is 0 Å². The van der Waals surface area contributed by atoms with Gasteiger partial charge in [-0.05, 0) is 19.3 Å². The van der Waals surface area contributed by atoms with Crippen LogP contribution in [0.3, 0.4) is 0 Å². The average Bonchev–Trinajstić information content (AvgIpc) is 1.77. The van der Waals surface area contributed by atoms with Crippen LogP contribution in [-0.2, 0) is 42.8 Å². The summed E-state index contributed by atoms with van der Waals surface area (Å²) in [5.74, 6) is -6.14. The molecular weight excluding hydrogens is 1130 g/mol. The molecule has 0 aromatic carbocycles. The maximum Gasteiger partial charge on any atom is 0.364 e. The van der Waals surface area contributed by atoms with Gasteiger partial charge in [0.15, 0.2) is 12.6 Å². The SMILES string of the molecule is CCCCCCCCCCCCCC/C=C/C(O)C(COC1OC(CO)C(OC2OC(CO)C(O)C(OC3(C(=O)O)CC(O)C(NC(C)=O)C(C(O)C(O)CO)O3)C2O)C(O)C1O)NC(=O)CCCCCCCCCCCCCCCCCCCCC. The van der Waals surface area contributed by atoms with Crippen molar-refractivity contribution in [1.82, 2.24) is 10.6 Å². The first-order valence-electron chi connectivity index (χ1n) is 33.6. The fourth-order valence-corrected chi connectivity index (χ4v) is 11.8. The molecule has 23 heteroatoms.